The van der Waals surface area contributed by atoms with Gasteiger partial charge in [-0.15, -0.1) is 0 Å². The quantitative estimate of drug-likeness (QED) is 0.328. The number of aliphatic carboxylic acids is 1. The number of carboxylic acids is 1. The Hall–Kier alpha value is -3.30. The van der Waals surface area contributed by atoms with Gasteiger partial charge in [0.25, 0.3) is 0 Å². The fourth-order valence-corrected chi connectivity index (χ4v) is 4.44. The highest BCUT2D eigenvalue weighted by Crippen LogP contribution is 2.39. The van der Waals surface area contributed by atoms with E-state index in [4.69, 9.17) is 4.98 Å². The van der Waals surface area contributed by atoms with Crippen LogP contribution in [0.5, 0.6) is 0 Å². The fourth-order valence-electron chi connectivity index (χ4n) is 3.73. The monoisotopic (exact) mass is 495 g/mol. The van der Waals surface area contributed by atoms with Crippen molar-refractivity contribution in [3.05, 3.63) is 77.2 Å². The molecular weight excluding hydrogens is 468 g/mol. The summed E-state index contributed by atoms with van der Waals surface area (Å²) in [6.07, 6.45) is -1.71. The highest BCUT2D eigenvalue weighted by Gasteiger charge is 2.48. The Labute approximate surface area is 204 Å². The summed E-state index contributed by atoms with van der Waals surface area (Å²) < 4.78 is 26.2. The molecule has 3 aromatic rings. The SMILES string of the molecule is Cc1cc(-c2cc(-c3ccccc3)nc(C(C)C)c2C#CC(C(=O)O)(C(C)O)[PH](=O)O)ccc1F. The van der Waals surface area contributed by atoms with E-state index < -0.39 is 25.3 Å². The number of carbonyl (C=O) groups is 1. The number of halogens is 1. The van der Waals surface area contributed by atoms with Crippen molar-refractivity contribution >= 4 is 14.0 Å². The molecular formula is C27H27FNO5P. The van der Waals surface area contributed by atoms with Crippen molar-refractivity contribution in [1.29, 1.82) is 0 Å². The van der Waals surface area contributed by atoms with Crippen molar-refractivity contribution < 1.29 is 28.9 Å². The van der Waals surface area contributed by atoms with Crippen LogP contribution in [0, 0.1) is 24.6 Å². The summed E-state index contributed by atoms with van der Waals surface area (Å²) in [5.41, 5.74) is 3.99. The standard InChI is InChI=1S/C27H27FNO5P/c1-16(2)25-21(12-13-27(18(4)30,26(31)32)35(33)34)22(20-10-11-23(28)17(3)14-20)15-24(29-25)19-8-6-5-7-9-19/h5-11,14-16,18,30,35H,1-4H3,(H,31,32)(H,33,34). The van der Waals surface area contributed by atoms with E-state index in [9.17, 15) is 28.9 Å². The maximum absolute atomic E-state index is 14.0. The van der Waals surface area contributed by atoms with Crippen LogP contribution in [0.25, 0.3) is 22.4 Å². The average Bonchev–Trinajstić information content (AvgIpc) is 2.80. The molecule has 0 bridgehead atoms. The predicted molar refractivity (Wildman–Crippen MR) is 134 cm³/mol. The molecule has 1 aromatic heterocycles. The van der Waals surface area contributed by atoms with Crippen LogP contribution >= 0.6 is 8.03 Å². The van der Waals surface area contributed by atoms with Crippen molar-refractivity contribution in [1.82, 2.24) is 4.98 Å². The van der Waals surface area contributed by atoms with E-state index in [0.29, 0.717) is 33.6 Å². The predicted octanol–water partition coefficient (Wildman–Crippen LogP) is 5.01. The number of rotatable bonds is 6. The molecule has 35 heavy (non-hydrogen) atoms. The molecule has 0 saturated carbocycles. The second-order valence-corrected chi connectivity index (χ2v) is 10.0. The molecule has 0 fully saturated rings. The van der Waals surface area contributed by atoms with Crippen molar-refractivity contribution in [2.75, 3.05) is 0 Å². The first-order valence-electron chi connectivity index (χ1n) is 11.0. The molecule has 0 aliphatic heterocycles. The molecule has 0 spiro atoms. The Morgan fingerprint density at radius 2 is 1.74 bits per heavy atom. The van der Waals surface area contributed by atoms with Gasteiger partial charge in [-0.25, -0.2) is 9.18 Å². The maximum Gasteiger partial charge on any atom is 0.334 e. The molecule has 8 heteroatoms. The summed E-state index contributed by atoms with van der Waals surface area (Å²) in [4.78, 5) is 26.6. The molecule has 0 aliphatic rings. The minimum atomic E-state index is -3.82. The third-order valence-corrected chi connectivity index (χ3v) is 7.25. The van der Waals surface area contributed by atoms with Crippen molar-refractivity contribution in [3.63, 3.8) is 0 Å². The van der Waals surface area contributed by atoms with E-state index in [2.05, 4.69) is 11.8 Å². The largest absolute Gasteiger partial charge is 0.480 e. The second-order valence-electron chi connectivity index (χ2n) is 8.64. The molecule has 6 nitrogen and oxygen atoms in total. The van der Waals surface area contributed by atoms with E-state index in [1.165, 1.54) is 6.07 Å². The number of hydrogen-bond donors (Lipinski definition) is 3. The van der Waals surface area contributed by atoms with Gasteiger partial charge in [0, 0.05) is 11.1 Å². The van der Waals surface area contributed by atoms with Crippen LogP contribution in [-0.4, -0.2) is 37.3 Å². The lowest BCUT2D eigenvalue weighted by Gasteiger charge is -2.23. The summed E-state index contributed by atoms with van der Waals surface area (Å²) in [5, 5.41) is 17.3. The normalized spacial score (nSPS) is 14.5. The Morgan fingerprint density at radius 1 is 1.09 bits per heavy atom. The molecule has 3 rings (SSSR count). The van der Waals surface area contributed by atoms with Gasteiger partial charge < -0.3 is 15.1 Å². The first-order chi connectivity index (χ1) is 16.5. The number of hydrogen-bond acceptors (Lipinski definition) is 4. The summed E-state index contributed by atoms with van der Waals surface area (Å²) in [7, 11) is -3.82. The lowest BCUT2D eigenvalue weighted by atomic mass is 9.91. The molecule has 2 aromatic carbocycles. The van der Waals surface area contributed by atoms with E-state index in [0.717, 1.165) is 12.5 Å². The minimum Gasteiger partial charge on any atom is -0.480 e. The number of aliphatic hydroxyl groups is 1. The van der Waals surface area contributed by atoms with Gasteiger partial charge in [-0.1, -0.05) is 62.1 Å². The number of benzene rings is 2. The van der Waals surface area contributed by atoms with Crippen LogP contribution in [0.4, 0.5) is 4.39 Å². The molecule has 182 valence electrons. The third-order valence-electron chi connectivity index (χ3n) is 5.82. The van der Waals surface area contributed by atoms with Gasteiger partial charge in [0.1, 0.15) is 5.82 Å². The van der Waals surface area contributed by atoms with Crippen LogP contribution in [0.2, 0.25) is 0 Å². The van der Waals surface area contributed by atoms with E-state index in [-0.39, 0.29) is 11.7 Å². The molecule has 0 radical (unpaired) electrons. The zero-order chi connectivity index (χ0) is 25.9. The lowest BCUT2D eigenvalue weighted by molar-refractivity contribution is -0.141. The van der Waals surface area contributed by atoms with Gasteiger partial charge in [0.2, 0.25) is 13.2 Å². The number of nitrogens with zero attached hydrogens (tertiary/aromatic N) is 1. The summed E-state index contributed by atoms with van der Waals surface area (Å²) in [6, 6.07) is 15.8. The molecule has 3 atom stereocenters. The van der Waals surface area contributed by atoms with Crippen molar-refractivity contribution in [3.8, 4) is 34.2 Å². The fraction of sp³-hybridized carbons (Fsp3) is 0.259. The third kappa shape index (κ3) is 5.21. The second kappa shape index (κ2) is 10.5. The highest BCUT2D eigenvalue weighted by atomic mass is 31.1. The number of aromatic nitrogens is 1. The molecule has 0 amide bonds. The molecule has 3 unspecified atom stereocenters. The molecule has 3 N–H and O–H groups in total. The van der Waals surface area contributed by atoms with Gasteiger partial charge in [0.05, 0.1) is 23.1 Å². The average molecular weight is 495 g/mol. The first-order valence-corrected chi connectivity index (χ1v) is 12.4. The van der Waals surface area contributed by atoms with Gasteiger partial charge in [0.15, 0.2) is 0 Å². The van der Waals surface area contributed by atoms with E-state index >= 15 is 0 Å². The van der Waals surface area contributed by atoms with E-state index in [1.54, 1.807) is 25.1 Å². The Balaban J connectivity index is 2.42. The maximum atomic E-state index is 14.0. The number of carboxylic acid groups (broad SMARTS) is 1. The van der Waals surface area contributed by atoms with Gasteiger partial charge >= 0.3 is 5.97 Å². The zero-order valence-corrected chi connectivity index (χ0v) is 20.8. The minimum absolute atomic E-state index is 0.153. The van der Waals surface area contributed by atoms with E-state index in [1.807, 2.05) is 44.2 Å². The van der Waals surface area contributed by atoms with Crippen LogP contribution in [-0.2, 0) is 9.36 Å². The zero-order valence-electron chi connectivity index (χ0n) is 19.8. The Bertz CT molecular complexity index is 1330. The number of aryl methyl sites for hydroxylation is 1. The molecule has 1 heterocycles. The van der Waals surface area contributed by atoms with Crippen LogP contribution in [0.15, 0.2) is 54.6 Å². The molecule has 0 saturated heterocycles. The van der Waals surface area contributed by atoms with Crippen LogP contribution < -0.4 is 0 Å². The lowest BCUT2D eigenvalue weighted by Crippen LogP contribution is -2.43. The summed E-state index contributed by atoms with van der Waals surface area (Å²) >= 11 is 0. The first kappa shape index (κ1) is 26.3. The summed E-state index contributed by atoms with van der Waals surface area (Å²) in [6.45, 7) is 6.55. The Morgan fingerprint density at radius 3 is 2.26 bits per heavy atom. The topological polar surface area (TPSA) is 108 Å². The van der Waals surface area contributed by atoms with Crippen molar-refractivity contribution in [2.45, 2.75) is 44.9 Å². The number of pyridine rings is 1. The van der Waals surface area contributed by atoms with Crippen LogP contribution in [0.1, 0.15) is 43.5 Å². The highest BCUT2D eigenvalue weighted by molar-refractivity contribution is 7.42. The van der Waals surface area contributed by atoms with Crippen molar-refractivity contribution in [2.24, 2.45) is 0 Å². The molecule has 0 aliphatic carbocycles. The smallest absolute Gasteiger partial charge is 0.334 e. The van der Waals surface area contributed by atoms with Gasteiger partial charge in [-0.05, 0) is 49.1 Å². The Kier molecular flexibility index (Phi) is 7.92. The van der Waals surface area contributed by atoms with Gasteiger partial charge in [-0.3, -0.25) is 9.55 Å². The summed E-state index contributed by atoms with van der Waals surface area (Å²) in [5.74, 6) is 2.97. The van der Waals surface area contributed by atoms with Crippen LogP contribution in [0.3, 0.4) is 0 Å². The number of aliphatic hydroxyl groups excluding tert-OH is 1. The van der Waals surface area contributed by atoms with Gasteiger partial charge in [-0.2, -0.15) is 0 Å².